The summed E-state index contributed by atoms with van der Waals surface area (Å²) in [5.41, 5.74) is 1.33. The Kier molecular flexibility index (Phi) is 6.54. The van der Waals surface area contributed by atoms with Gasteiger partial charge in [0.2, 0.25) is 11.8 Å². The minimum Gasteiger partial charge on any atom is -0.454 e. The van der Waals surface area contributed by atoms with Gasteiger partial charge < -0.3 is 10.1 Å². The average molecular weight is 467 g/mol. The minimum atomic E-state index is -0.789. The standard InChI is InChI=1S/C25H30N4O5/c1-25(2,3)19-13-20(29(27-19)16-9-5-4-6-10-16)26-21(30)15-34-22(31)14-28-23(32)17-11-7-8-12-18(17)24(28)33/h4-6,9-10,13,17-18H,7-8,11-12,14-15H2,1-3H3,(H,26,30). The number of rotatable bonds is 6. The van der Waals surface area contributed by atoms with Crippen LogP contribution in [-0.4, -0.2) is 51.5 Å². The number of carbonyl (C=O) groups excluding carboxylic acids is 4. The number of para-hydroxylation sites is 1. The van der Waals surface area contributed by atoms with Gasteiger partial charge >= 0.3 is 5.97 Å². The van der Waals surface area contributed by atoms with Crippen LogP contribution in [0.4, 0.5) is 5.82 Å². The van der Waals surface area contributed by atoms with Gasteiger partial charge in [0.25, 0.3) is 5.91 Å². The van der Waals surface area contributed by atoms with E-state index in [-0.39, 0.29) is 29.1 Å². The number of esters is 1. The summed E-state index contributed by atoms with van der Waals surface area (Å²) in [6.45, 7) is 5.07. The fraction of sp³-hybridized carbons (Fsp3) is 0.480. The molecular weight excluding hydrogens is 436 g/mol. The molecule has 2 unspecified atom stereocenters. The highest BCUT2D eigenvalue weighted by atomic mass is 16.5. The molecular formula is C25H30N4O5. The number of carbonyl (C=O) groups is 4. The van der Waals surface area contributed by atoms with Gasteiger partial charge in [0, 0.05) is 11.5 Å². The van der Waals surface area contributed by atoms with E-state index in [4.69, 9.17) is 4.74 Å². The fourth-order valence-electron chi connectivity index (χ4n) is 4.49. The Bertz CT molecular complexity index is 1080. The maximum atomic E-state index is 12.6. The van der Waals surface area contributed by atoms with Gasteiger partial charge in [-0.25, -0.2) is 4.68 Å². The zero-order valence-corrected chi connectivity index (χ0v) is 19.7. The number of nitrogens with zero attached hydrogens (tertiary/aromatic N) is 3. The van der Waals surface area contributed by atoms with E-state index < -0.39 is 25.0 Å². The summed E-state index contributed by atoms with van der Waals surface area (Å²) in [5.74, 6) is -2.15. The molecule has 4 rings (SSSR count). The molecule has 1 N–H and O–H groups in total. The highest BCUT2D eigenvalue weighted by Crippen LogP contribution is 2.37. The van der Waals surface area contributed by atoms with E-state index in [1.807, 2.05) is 51.1 Å². The first-order valence-corrected chi connectivity index (χ1v) is 11.6. The van der Waals surface area contributed by atoms with Crippen molar-refractivity contribution < 1.29 is 23.9 Å². The number of hydrogen-bond donors (Lipinski definition) is 1. The highest BCUT2D eigenvalue weighted by Gasteiger charge is 2.48. The second-order valence-corrected chi connectivity index (χ2v) is 9.88. The third-order valence-electron chi connectivity index (χ3n) is 6.33. The second-order valence-electron chi connectivity index (χ2n) is 9.88. The van der Waals surface area contributed by atoms with Crippen molar-refractivity contribution in [2.45, 2.75) is 51.9 Å². The van der Waals surface area contributed by atoms with E-state index in [0.717, 1.165) is 29.1 Å². The van der Waals surface area contributed by atoms with E-state index in [9.17, 15) is 19.2 Å². The van der Waals surface area contributed by atoms with E-state index in [1.165, 1.54) is 0 Å². The number of likely N-dealkylation sites (tertiary alicyclic amines) is 1. The molecule has 2 heterocycles. The normalized spacial score (nSPS) is 20.3. The monoisotopic (exact) mass is 466 g/mol. The van der Waals surface area contributed by atoms with Gasteiger partial charge in [-0.15, -0.1) is 0 Å². The predicted molar refractivity (Wildman–Crippen MR) is 124 cm³/mol. The lowest BCUT2D eigenvalue weighted by Crippen LogP contribution is -2.37. The van der Waals surface area contributed by atoms with Crippen molar-refractivity contribution in [2.75, 3.05) is 18.5 Å². The zero-order valence-electron chi connectivity index (χ0n) is 19.7. The second kappa shape index (κ2) is 9.40. The first-order valence-electron chi connectivity index (χ1n) is 11.6. The first kappa shape index (κ1) is 23.7. The van der Waals surface area contributed by atoms with Crippen LogP contribution >= 0.6 is 0 Å². The van der Waals surface area contributed by atoms with Crippen LogP contribution in [0.3, 0.4) is 0 Å². The maximum Gasteiger partial charge on any atom is 0.326 e. The lowest BCUT2D eigenvalue weighted by atomic mass is 9.81. The Balaban J connectivity index is 1.38. The van der Waals surface area contributed by atoms with Crippen molar-refractivity contribution in [3.8, 4) is 5.69 Å². The first-order chi connectivity index (χ1) is 16.1. The molecule has 0 radical (unpaired) electrons. The third kappa shape index (κ3) is 4.88. The van der Waals surface area contributed by atoms with Crippen molar-refractivity contribution in [2.24, 2.45) is 11.8 Å². The molecule has 1 aliphatic carbocycles. The van der Waals surface area contributed by atoms with Gasteiger partial charge in [0.15, 0.2) is 6.61 Å². The summed E-state index contributed by atoms with van der Waals surface area (Å²) in [6.07, 6.45) is 3.17. The molecule has 9 heteroatoms. The molecule has 0 spiro atoms. The lowest BCUT2D eigenvalue weighted by Gasteiger charge is -2.19. The number of ether oxygens (including phenoxy) is 1. The Morgan fingerprint density at radius 3 is 2.26 bits per heavy atom. The van der Waals surface area contributed by atoms with Gasteiger partial charge in [0.1, 0.15) is 12.4 Å². The number of anilines is 1. The highest BCUT2D eigenvalue weighted by molar-refractivity contribution is 6.07. The lowest BCUT2D eigenvalue weighted by molar-refractivity contribution is -0.154. The molecule has 2 aromatic rings. The Morgan fingerprint density at radius 1 is 1.06 bits per heavy atom. The topological polar surface area (TPSA) is 111 Å². The predicted octanol–water partition coefficient (Wildman–Crippen LogP) is 2.83. The molecule has 1 aromatic carbocycles. The number of fused-ring (bicyclic) bond motifs is 1. The maximum absolute atomic E-state index is 12.6. The summed E-state index contributed by atoms with van der Waals surface area (Å²) < 4.78 is 6.71. The van der Waals surface area contributed by atoms with Gasteiger partial charge in [-0.1, -0.05) is 51.8 Å². The van der Waals surface area contributed by atoms with Crippen molar-refractivity contribution in [1.29, 1.82) is 0 Å². The Morgan fingerprint density at radius 2 is 1.68 bits per heavy atom. The number of aromatic nitrogens is 2. The molecule has 3 amide bonds. The van der Waals surface area contributed by atoms with Crippen molar-refractivity contribution in [3.05, 3.63) is 42.1 Å². The summed E-state index contributed by atoms with van der Waals surface area (Å²) in [5, 5.41) is 7.38. The molecule has 2 aliphatic rings. The quantitative estimate of drug-likeness (QED) is 0.518. The average Bonchev–Trinajstić information content (AvgIpc) is 3.34. The van der Waals surface area contributed by atoms with Crippen LogP contribution in [0.15, 0.2) is 36.4 Å². The van der Waals surface area contributed by atoms with Crippen LogP contribution in [0.2, 0.25) is 0 Å². The molecule has 2 atom stereocenters. The van der Waals surface area contributed by atoms with Gasteiger partial charge in [-0.2, -0.15) is 5.10 Å². The molecule has 1 saturated heterocycles. The largest absolute Gasteiger partial charge is 0.454 e. The number of amides is 3. The van der Waals surface area contributed by atoms with E-state index in [0.29, 0.717) is 18.7 Å². The minimum absolute atomic E-state index is 0.238. The van der Waals surface area contributed by atoms with Gasteiger partial charge in [-0.3, -0.25) is 24.1 Å². The van der Waals surface area contributed by atoms with E-state index >= 15 is 0 Å². The summed E-state index contributed by atoms with van der Waals surface area (Å²) in [6, 6.07) is 11.2. The van der Waals surface area contributed by atoms with Crippen molar-refractivity contribution in [3.63, 3.8) is 0 Å². The number of hydrogen-bond acceptors (Lipinski definition) is 6. The van der Waals surface area contributed by atoms with Crippen molar-refractivity contribution >= 4 is 29.5 Å². The smallest absolute Gasteiger partial charge is 0.326 e. The van der Waals surface area contributed by atoms with Crippen LogP contribution in [0.5, 0.6) is 0 Å². The summed E-state index contributed by atoms with van der Waals surface area (Å²) in [7, 11) is 0. The third-order valence-corrected chi connectivity index (χ3v) is 6.33. The molecule has 180 valence electrons. The zero-order chi connectivity index (χ0) is 24.5. The van der Waals surface area contributed by atoms with Gasteiger partial charge in [-0.05, 0) is 25.0 Å². The Hall–Kier alpha value is -3.49. The van der Waals surface area contributed by atoms with E-state index in [1.54, 1.807) is 10.7 Å². The number of nitrogens with one attached hydrogen (secondary N) is 1. The summed E-state index contributed by atoms with van der Waals surface area (Å²) >= 11 is 0. The van der Waals surface area contributed by atoms with Crippen LogP contribution < -0.4 is 5.32 Å². The summed E-state index contributed by atoms with van der Waals surface area (Å²) in [4.78, 5) is 50.9. The SMILES string of the molecule is CC(C)(C)c1cc(NC(=O)COC(=O)CN2C(=O)C3CCCCC3C2=O)n(-c2ccccc2)n1. The molecule has 0 bridgehead atoms. The molecule has 1 saturated carbocycles. The number of imide groups is 1. The molecule has 1 aromatic heterocycles. The van der Waals surface area contributed by atoms with Crippen LogP contribution in [0, 0.1) is 11.8 Å². The Labute approximate surface area is 198 Å². The van der Waals surface area contributed by atoms with E-state index in [2.05, 4.69) is 10.4 Å². The van der Waals surface area contributed by atoms with Crippen LogP contribution in [0.1, 0.15) is 52.1 Å². The molecule has 34 heavy (non-hydrogen) atoms. The molecule has 2 fully saturated rings. The van der Waals surface area contributed by atoms with Crippen molar-refractivity contribution in [1.82, 2.24) is 14.7 Å². The van der Waals surface area contributed by atoms with Crippen LogP contribution in [0.25, 0.3) is 5.69 Å². The van der Waals surface area contributed by atoms with Gasteiger partial charge in [0.05, 0.1) is 23.2 Å². The van der Waals surface area contributed by atoms with Crippen LogP contribution in [-0.2, 0) is 29.3 Å². The molecule has 1 aliphatic heterocycles. The number of benzene rings is 1. The molecule has 9 nitrogen and oxygen atoms in total. The fourth-order valence-corrected chi connectivity index (χ4v) is 4.49.